The van der Waals surface area contributed by atoms with E-state index in [0.717, 1.165) is 35.4 Å². The first-order valence-electron chi connectivity index (χ1n) is 7.55. The molecule has 1 aliphatic rings. The van der Waals surface area contributed by atoms with Gasteiger partial charge < -0.3 is 0 Å². The Morgan fingerprint density at radius 2 is 1.67 bits per heavy atom. The predicted molar refractivity (Wildman–Crippen MR) is 84.2 cm³/mol. The first kappa shape index (κ1) is 14.8. The smallest absolute Gasteiger partial charge is 0.290 e. The number of hydrogen-bond donors (Lipinski definition) is 1. The summed E-state index contributed by atoms with van der Waals surface area (Å²) in [7, 11) is 0. The largest absolute Gasteiger partial charge is 0.416 e. The highest BCUT2D eigenvalue weighted by atomic mass is 19.4. The van der Waals surface area contributed by atoms with Gasteiger partial charge in [-0.3, -0.25) is 9.89 Å². The van der Waals surface area contributed by atoms with Crippen molar-refractivity contribution in [1.82, 2.24) is 9.78 Å². The van der Waals surface area contributed by atoms with Gasteiger partial charge in [0.25, 0.3) is 5.56 Å². The van der Waals surface area contributed by atoms with Crippen molar-refractivity contribution in [3.05, 3.63) is 75.6 Å². The zero-order valence-corrected chi connectivity index (χ0v) is 12.5. The van der Waals surface area contributed by atoms with Gasteiger partial charge >= 0.3 is 6.18 Å². The molecule has 0 aliphatic heterocycles. The molecular formula is C18H13F3N2O. The highest BCUT2D eigenvalue weighted by Crippen LogP contribution is 2.32. The quantitative estimate of drug-likeness (QED) is 0.721. The number of H-pyrrole nitrogens is 1. The summed E-state index contributed by atoms with van der Waals surface area (Å²) >= 11 is 0. The molecule has 3 nitrogen and oxygen atoms in total. The van der Waals surface area contributed by atoms with Gasteiger partial charge in [0.1, 0.15) is 0 Å². The van der Waals surface area contributed by atoms with Crippen molar-refractivity contribution >= 4 is 0 Å². The fourth-order valence-electron chi connectivity index (χ4n) is 3.15. The minimum atomic E-state index is -4.39. The number of rotatable bonds is 1. The lowest BCUT2D eigenvalue weighted by Crippen LogP contribution is -2.18. The molecule has 6 heteroatoms. The van der Waals surface area contributed by atoms with Crippen molar-refractivity contribution in [3.8, 4) is 16.9 Å². The van der Waals surface area contributed by atoms with Crippen LogP contribution >= 0.6 is 0 Å². The van der Waals surface area contributed by atoms with Crippen LogP contribution in [0, 0.1) is 0 Å². The topological polar surface area (TPSA) is 37.8 Å². The number of nitrogens with zero attached hydrogens (tertiary/aromatic N) is 1. The van der Waals surface area contributed by atoms with E-state index < -0.39 is 11.7 Å². The van der Waals surface area contributed by atoms with Crippen molar-refractivity contribution in [2.75, 3.05) is 0 Å². The third-order valence-electron chi connectivity index (χ3n) is 4.37. The standard InChI is InChI=1S/C18H13F3N2O/c19-18(20,21)12-6-8-13(9-7-12)23-17(24)15-10-5-11-3-1-2-4-14(11)16(15)22-23/h1-4,6-9,22H,5,10H2. The van der Waals surface area contributed by atoms with Crippen LogP contribution < -0.4 is 5.56 Å². The molecule has 0 saturated heterocycles. The number of nitrogens with one attached hydrogen (secondary N) is 1. The average Bonchev–Trinajstić information content (AvgIpc) is 2.92. The Morgan fingerprint density at radius 1 is 0.958 bits per heavy atom. The molecule has 0 radical (unpaired) electrons. The Kier molecular flexibility index (Phi) is 3.16. The van der Waals surface area contributed by atoms with Gasteiger partial charge in [-0.05, 0) is 42.7 Å². The third-order valence-corrected chi connectivity index (χ3v) is 4.37. The minimum Gasteiger partial charge on any atom is -0.290 e. The summed E-state index contributed by atoms with van der Waals surface area (Å²) in [6.07, 6.45) is -2.99. The Bertz CT molecular complexity index is 965. The Balaban J connectivity index is 1.82. The molecule has 0 fully saturated rings. The first-order valence-corrected chi connectivity index (χ1v) is 7.55. The van der Waals surface area contributed by atoms with Crippen LogP contribution in [0.2, 0.25) is 0 Å². The zero-order chi connectivity index (χ0) is 16.9. The Labute approximate surface area is 135 Å². The summed E-state index contributed by atoms with van der Waals surface area (Å²) in [5.74, 6) is 0. The number of aromatic nitrogens is 2. The third kappa shape index (κ3) is 2.26. The number of benzene rings is 2. The summed E-state index contributed by atoms with van der Waals surface area (Å²) in [4.78, 5) is 12.6. The van der Waals surface area contributed by atoms with Gasteiger partial charge in [-0.25, -0.2) is 4.68 Å². The van der Waals surface area contributed by atoms with Gasteiger partial charge in [0, 0.05) is 11.1 Å². The summed E-state index contributed by atoms with van der Waals surface area (Å²) in [5, 5.41) is 3.06. The normalized spacial score (nSPS) is 13.5. The van der Waals surface area contributed by atoms with E-state index in [1.54, 1.807) is 0 Å². The van der Waals surface area contributed by atoms with E-state index in [9.17, 15) is 18.0 Å². The van der Waals surface area contributed by atoms with Crippen LogP contribution in [-0.4, -0.2) is 9.78 Å². The van der Waals surface area contributed by atoms with E-state index in [1.165, 1.54) is 16.8 Å². The molecule has 0 amide bonds. The number of fused-ring (bicyclic) bond motifs is 3. The summed E-state index contributed by atoms with van der Waals surface area (Å²) in [6, 6.07) is 12.4. The van der Waals surface area contributed by atoms with Crippen LogP contribution in [0.3, 0.4) is 0 Å². The number of aryl methyl sites for hydroxylation is 1. The second-order valence-electron chi connectivity index (χ2n) is 5.81. The molecule has 3 aromatic rings. The lowest BCUT2D eigenvalue weighted by molar-refractivity contribution is -0.137. The molecule has 0 spiro atoms. The van der Waals surface area contributed by atoms with Gasteiger partial charge in [0.15, 0.2) is 0 Å². The highest BCUT2D eigenvalue weighted by Gasteiger charge is 2.30. The second kappa shape index (κ2) is 5.12. The van der Waals surface area contributed by atoms with Crippen LogP contribution in [0.5, 0.6) is 0 Å². The molecule has 0 atom stereocenters. The summed E-state index contributed by atoms with van der Waals surface area (Å²) in [5.41, 5.74) is 3.00. The van der Waals surface area contributed by atoms with Crippen molar-refractivity contribution in [2.24, 2.45) is 0 Å². The number of halogens is 3. The second-order valence-corrected chi connectivity index (χ2v) is 5.81. The fourth-order valence-corrected chi connectivity index (χ4v) is 3.15. The van der Waals surface area contributed by atoms with Crippen molar-refractivity contribution < 1.29 is 13.2 Å². The van der Waals surface area contributed by atoms with Crippen molar-refractivity contribution in [1.29, 1.82) is 0 Å². The molecule has 0 saturated carbocycles. The Morgan fingerprint density at radius 3 is 2.38 bits per heavy atom. The van der Waals surface area contributed by atoms with Gasteiger partial charge in [0.2, 0.25) is 0 Å². The van der Waals surface area contributed by atoms with Crippen molar-refractivity contribution in [2.45, 2.75) is 19.0 Å². The maximum Gasteiger partial charge on any atom is 0.416 e. The lowest BCUT2D eigenvalue weighted by atomic mass is 9.90. The molecule has 1 N–H and O–H groups in total. The summed E-state index contributed by atoms with van der Waals surface area (Å²) < 4.78 is 39.3. The molecule has 122 valence electrons. The van der Waals surface area contributed by atoms with Gasteiger partial charge in [-0.1, -0.05) is 24.3 Å². The van der Waals surface area contributed by atoms with Crippen LogP contribution in [-0.2, 0) is 19.0 Å². The van der Waals surface area contributed by atoms with Gasteiger partial charge in [-0.2, -0.15) is 13.2 Å². The van der Waals surface area contributed by atoms with Crippen molar-refractivity contribution in [3.63, 3.8) is 0 Å². The van der Waals surface area contributed by atoms with Gasteiger partial charge in [0.05, 0.1) is 16.9 Å². The lowest BCUT2D eigenvalue weighted by Gasteiger charge is -2.14. The molecule has 2 aromatic carbocycles. The monoisotopic (exact) mass is 330 g/mol. The number of hydrogen-bond acceptors (Lipinski definition) is 1. The molecule has 0 bridgehead atoms. The maximum atomic E-state index is 12.7. The van der Waals surface area contributed by atoms with E-state index in [2.05, 4.69) is 5.10 Å². The van der Waals surface area contributed by atoms with E-state index in [-0.39, 0.29) is 5.56 Å². The fraction of sp³-hybridized carbons (Fsp3) is 0.167. The van der Waals surface area contributed by atoms with E-state index in [1.807, 2.05) is 24.3 Å². The predicted octanol–water partition coefficient (Wildman–Crippen LogP) is 3.95. The van der Waals surface area contributed by atoms with Crippen LogP contribution in [0.15, 0.2) is 53.3 Å². The molecule has 0 unspecified atom stereocenters. The first-order chi connectivity index (χ1) is 11.4. The number of aromatic amines is 1. The number of alkyl halides is 3. The summed E-state index contributed by atoms with van der Waals surface area (Å²) in [6.45, 7) is 0. The molecule has 1 aromatic heterocycles. The van der Waals surface area contributed by atoms with E-state index >= 15 is 0 Å². The molecular weight excluding hydrogens is 317 g/mol. The zero-order valence-electron chi connectivity index (χ0n) is 12.5. The minimum absolute atomic E-state index is 0.209. The highest BCUT2D eigenvalue weighted by molar-refractivity contribution is 5.69. The van der Waals surface area contributed by atoms with Crippen LogP contribution in [0.1, 0.15) is 16.7 Å². The Hall–Kier alpha value is -2.76. The maximum absolute atomic E-state index is 12.7. The average molecular weight is 330 g/mol. The van der Waals surface area contributed by atoms with E-state index in [4.69, 9.17) is 0 Å². The van der Waals surface area contributed by atoms with E-state index in [0.29, 0.717) is 17.7 Å². The molecule has 1 heterocycles. The van der Waals surface area contributed by atoms with Crippen LogP contribution in [0.4, 0.5) is 13.2 Å². The molecule has 4 rings (SSSR count). The van der Waals surface area contributed by atoms with Crippen LogP contribution in [0.25, 0.3) is 16.9 Å². The molecule has 24 heavy (non-hydrogen) atoms. The SMILES string of the molecule is O=c1c2c([nH]n1-c1ccc(C(F)(F)F)cc1)-c1ccccc1CC2. The molecule has 1 aliphatic carbocycles. The van der Waals surface area contributed by atoms with Gasteiger partial charge in [-0.15, -0.1) is 0 Å².